The summed E-state index contributed by atoms with van der Waals surface area (Å²) < 4.78 is 2.44. The zero-order valence-electron chi connectivity index (χ0n) is 39.6. The summed E-state index contributed by atoms with van der Waals surface area (Å²) in [5.41, 5.74) is 14.4. The number of nitrogens with zero attached hydrogens (tertiary/aromatic N) is 4. The first-order valence-electron chi connectivity index (χ1n) is 25.0. The number of allylic oxidation sites excluding steroid dienone is 10. The first kappa shape index (κ1) is 40.6. The van der Waals surface area contributed by atoms with Crippen molar-refractivity contribution in [2.45, 2.75) is 56.9 Å². The van der Waals surface area contributed by atoms with Crippen molar-refractivity contribution >= 4 is 45.8 Å². The van der Waals surface area contributed by atoms with Crippen LogP contribution in [0.15, 0.2) is 228 Å². The van der Waals surface area contributed by atoms with Gasteiger partial charge in [0.15, 0.2) is 0 Å². The molecule has 1 aromatic heterocycles. The monoisotopic (exact) mass is 894 g/mol. The van der Waals surface area contributed by atoms with Gasteiger partial charge in [-0.3, -0.25) is 10.2 Å². The third-order valence-electron chi connectivity index (χ3n) is 17.1. The van der Waals surface area contributed by atoms with Crippen LogP contribution in [0.3, 0.4) is 0 Å². The smallest absolute Gasteiger partial charge is 0.266 e. The largest absolute Gasteiger partial charge is 0.331 e. The molecule has 5 nitrogen and oxygen atoms in total. The standard InChI is InChI=1S/C64H55N5/c1-41-37-57-49(46-23-12-14-27-54(46)67(57)44-19-7-5-8-20-44)39-48(41)42-30-32-55-52(38-42)63(3)35-18-16-28-58(63)68(55)61-65-53-26-13-11-24-47(53)60(66-61)43-29-31-51-59-50-25-15-17-34-62(50,2)36-33-56(59)69(64(51,4)40-43)45-21-9-6-10-22-45/h5-41,48,50-51,58,61,65H,1-4H3/p+1. The van der Waals surface area contributed by atoms with E-state index in [4.69, 9.17) is 4.99 Å². The van der Waals surface area contributed by atoms with Crippen molar-refractivity contribution in [2.24, 2.45) is 28.2 Å². The van der Waals surface area contributed by atoms with Crippen LogP contribution in [-0.2, 0) is 5.41 Å². The lowest BCUT2D eigenvalue weighted by molar-refractivity contribution is -0.610. The Hall–Kier alpha value is -7.47. The zero-order chi connectivity index (χ0) is 46.2. The molecule has 0 amide bonds. The van der Waals surface area contributed by atoms with Gasteiger partial charge < -0.3 is 9.47 Å². The Morgan fingerprint density at radius 3 is 2.28 bits per heavy atom. The number of fused-ring (bicyclic) bond motifs is 11. The molecular formula is C64H56N5+. The van der Waals surface area contributed by atoms with E-state index in [0.717, 1.165) is 5.71 Å². The summed E-state index contributed by atoms with van der Waals surface area (Å²) >= 11 is 0. The van der Waals surface area contributed by atoms with E-state index >= 15 is 0 Å². The fourth-order valence-corrected chi connectivity index (χ4v) is 13.7. The molecule has 9 unspecified atom stereocenters. The highest BCUT2D eigenvalue weighted by Crippen LogP contribution is 2.58. The van der Waals surface area contributed by atoms with Gasteiger partial charge in [-0.15, -0.1) is 0 Å². The summed E-state index contributed by atoms with van der Waals surface area (Å²) in [5.74, 6) is 1.00. The Bertz CT molecular complexity index is 3590. The molecule has 0 saturated carbocycles. The molecule has 14 rings (SSSR count). The van der Waals surface area contributed by atoms with Crippen LogP contribution in [-0.4, -0.2) is 28.1 Å². The summed E-state index contributed by atoms with van der Waals surface area (Å²) in [5, 5.41) is 6.32. The Morgan fingerprint density at radius 1 is 0.667 bits per heavy atom. The number of para-hydroxylation sites is 4. The topological polar surface area (TPSA) is 40.4 Å². The van der Waals surface area contributed by atoms with Crippen molar-refractivity contribution < 1.29 is 5.32 Å². The number of hydrogen-bond donors (Lipinski definition) is 1. The van der Waals surface area contributed by atoms with Gasteiger partial charge in [0.2, 0.25) is 0 Å². The van der Waals surface area contributed by atoms with Crippen LogP contribution in [0.25, 0.3) is 28.7 Å². The van der Waals surface area contributed by atoms with E-state index < -0.39 is 0 Å². The molecule has 2 N–H and O–H groups in total. The minimum absolute atomic E-state index is 0.0579. The SMILES string of the molecule is CC1C=c2c(c3ccccc3n2-c2ccccc2)=CC1c1ccc2c(c1)C1(C)C=CC=CC1N2C1N=C(C2=CC3(C)C(C=C2)C2=C(C=CC4(C)C=CC=CC24)N3c2ccccc2)c2ccccc2[NH2+]1. The zero-order valence-corrected chi connectivity index (χ0v) is 39.6. The van der Waals surface area contributed by atoms with E-state index in [9.17, 15) is 0 Å². The predicted octanol–water partition coefficient (Wildman–Crippen LogP) is 11.1. The quantitative estimate of drug-likeness (QED) is 0.175. The van der Waals surface area contributed by atoms with Gasteiger partial charge in [-0.1, -0.05) is 172 Å². The molecular weight excluding hydrogens is 839 g/mol. The fourth-order valence-electron chi connectivity index (χ4n) is 13.7. The van der Waals surface area contributed by atoms with Crippen LogP contribution in [0, 0.1) is 23.2 Å². The molecule has 5 aliphatic carbocycles. The average molecular weight is 895 g/mol. The Morgan fingerprint density at radius 2 is 1.42 bits per heavy atom. The van der Waals surface area contributed by atoms with E-state index in [-0.39, 0.29) is 46.5 Å². The molecule has 69 heavy (non-hydrogen) atoms. The van der Waals surface area contributed by atoms with Gasteiger partial charge in [0.05, 0.1) is 33.7 Å². The molecule has 5 heteroatoms. The molecule has 0 saturated heterocycles. The Kier molecular flexibility index (Phi) is 8.68. The van der Waals surface area contributed by atoms with E-state index in [1.54, 1.807) is 0 Å². The van der Waals surface area contributed by atoms with Crippen LogP contribution < -0.4 is 25.7 Å². The third-order valence-corrected chi connectivity index (χ3v) is 17.1. The second-order valence-electron chi connectivity index (χ2n) is 21.1. The van der Waals surface area contributed by atoms with Crippen LogP contribution in [0.5, 0.6) is 0 Å². The summed E-state index contributed by atoms with van der Waals surface area (Å²) in [6.07, 6.45) is 35.7. The molecule has 3 aliphatic heterocycles. The highest BCUT2D eigenvalue weighted by atomic mass is 15.4. The lowest BCUT2D eigenvalue weighted by Crippen LogP contribution is -2.90. The van der Waals surface area contributed by atoms with Gasteiger partial charge in [0.25, 0.3) is 6.29 Å². The molecule has 5 aromatic carbocycles. The number of aromatic nitrogens is 1. The second kappa shape index (κ2) is 14.8. The van der Waals surface area contributed by atoms with Crippen molar-refractivity contribution in [3.05, 3.63) is 250 Å². The van der Waals surface area contributed by atoms with Gasteiger partial charge in [0, 0.05) is 61.9 Å². The number of hydrogen-bond acceptors (Lipinski definition) is 3. The first-order chi connectivity index (χ1) is 33.7. The van der Waals surface area contributed by atoms with Gasteiger partial charge >= 0.3 is 0 Å². The number of nitrogens with two attached hydrogens (primary N) is 1. The maximum Gasteiger partial charge on any atom is 0.266 e. The molecule has 6 aromatic rings. The minimum Gasteiger partial charge on any atom is -0.331 e. The van der Waals surface area contributed by atoms with Gasteiger partial charge in [-0.2, -0.15) is 0 Å². The lowest BCUT2D eigenvalue weighted by atomic mass is 9.63. The first-order valence-corrected chi connectivity index (χ1v) is 25.0. The number of quaternary nitrogens is 1. The summed E-state index contributed by atoms with van der Waals surface area (Å²) in [7, 11) is 0. The summed E-state index contributed by atoms with van der Waals surface area (Å²) in [6.45, 7) is 9.65. The maximum atomic E-state index is 5.90. The van der Waals surface area contributed by atoms with Crippen LogP contribution in [0.2, 0.25) is 0 Å². The van der Waals surface area contributed by atoms with Crippen molar-refractivity contribution in [3.8, 4) is 5.69 Å². The normalized spacial score (nSPS) is 30.7. The van der Waals surface area contributed by atoms with Gasteiger partial charge in [-0.05, 0) is 103 Å². The van der Waals surface area contributed by atoms with Crippen molar-refractivity contribution in [1.29, 1.82) is 0 Å². The van der Waals surface area contributed by atoms with E-state index in [1.165, 1.54) is 77.8 Å². The Balaban J connectivity index is 0.875. The predicted molar refractivity (Wildman–Crippen MR) is 284 cm³/mol. The average Bonchev–Trinajstić information content (AvgIpc) is 3.95. The van der Waals surface area contributed by atoms with Gasteiger partial charge in [0.1, 0.15) is 5.69 Å². The molecule has 8 aliphatic rings. The second-order valence-corrected chi connectivity index (χ2v) is 21.1. The number of rotatable bonds is 5. The minimum atomic E-state index is -0.358. The molecule has 9 atom stereocenters. The number of anilines is 2. The maximum absolute atomic E-state index is 5.90. The van der Waals surface area contributed by atoms with Gasteiger partial charge in [-0.25, -0.2) is 4.99 Å². The Labute approximate surface area is 404 Å². The number of benzene rings is 5. The molecule has 4 heterocycles. The number of aliphatic imine (C=N–C) groups is 1. The molecule has 336 valence electrons. The van der Waals surface area contributed by atoms with Crippen molar-refractivity contribution in [3.63, 3.8) is 0 Å². The van der Waals surface area contributed by atoms with Crippen LogP contribution >= 0.6 is 0 Å². The van der Waals surface area contributed by atoms with Crippen molar-refractivity contribution in [1.82, 2.24) is 4.57 Å². The van der Waals surface area contributed by atoms with Crippen LogP contribution in [0.4, 0.5) is 17.1 Å². The third kappa shape index (κ3) is 5.77. The highest BCUT2D eigenvalue weighted by Gasteiger charge is 2.55. The van der Waals surface area contributed by atoms with Crippen LogP contribution in [0.1, 0.15) is 50.3 Å². The van der Waals surface area contributed by atoms with E-state index in [2.05, 4.69) is 266 Å². The summed E-state index contributed by atoms with van der Waals surface area (Å²) in [6, 6.07) is 47.1. The molecule has 0 fully saturated rings. The summed E-state index contributed by atoms with van der Waals surface area (Å²) in [4.78, 5) is 11.1. The highest BCUT2D eigenvalue weighted by molar-refractivity contribution is 6.17. The van der Waals surface area contributed by atoms with E-state index in [0.29, 0.717) is 5.92 Å². The van der Waals surface area contributed by atoms with Crippen molar-refractivity contribution in [2.75, 3.05) is 9.80 Å². The molecule has 0 bridgehead atoms. The molecule has 0 spiro atoms. The van der Waals surface area contributed by atoms with E-state index in [1.807, 2.05) is 0 Å². The lowest BCUT2D eigenvalue weighted by Gasteiger charge is -2.42. The fraction of sp³-hybridized carbons (Fsp3) is 0.203. The molecule has 0 radical (unpaired) electrons.